The average molecular weight is 334 g/mol. The monoisotopic (exact) mass is 332 g/mol. The number of carbonyl (C=O) groups is 1. The number of amides is 1. The van der Waals surface area contributed by atoms with Crippen LogP contribution in [0.15, 0.2) is 28.7 Å². The van der Waals surface area contributed by atoms with Gasteiger partial charge in [-0.15, -0.1) is 12.4 Å². The van der Waals surface area contributed by atoms with Crippen LogP contribution in [0, 0.1) is 0 Å². The lowest BCUT2D eigenvalue weighted by atomic mass is 9.95. The molecule has 1 saturated carbocycles. The quantitative estimate of drug-likeness (QED) is 0.889. The molecule has 1 aromatic rings. The van der Waals surface area contributed by atoms with Crippen LogP contribution in [-0.4, -0.2) is 18.5 Å². The molecule has 0 bridgehead atoms. The molecule has 1 fully saturated rings. The molecule has 0 heterocycles. The van der Waals surface area contributed by atoms with E-state index in [1.807, 2.05) is 31.2 Å². The minimum absolute atomic E-state index is 0. The Morgan fingerprint density at radius 1 is 1.56 bits per heavy atom. The molecule has 5 heteroatoms. The van der Waals surface area contributed by atoms with Crippen LogP contribution in [0.3, 0.4) is 0 Å². The molecule has 2 rings (SSSR count). The second kappa shape index (κ2) is 6.04. The number of rotatable bonds is 4. The second-order valence-corrected chi connectivity index (χ2v) is 5.62. The lowest BCUT2D eigenvalue weighted by Gasteiger charge is -2.19. The number of nitrogens with two attached hydrogens (primary N) is 1. The molecule has 0 spiro atoms. The van der Waals surface area contributed by atoms with Crippen molar-refractivity contribution in [2.45, 2.75) is 31.2 Å². The zero-order chi connectivity index (χ0) is 12.5. The summed E-state index contributed by atoms with van der Waals surface area (Å²) in [5.41, 5.74) is 6.30. The summed E-state index contributed by atoms with van der Waals surface area (Å²) < 4.78 is 1.01. The Morgan fingerprint density at radius 3 is 2.72 bits per heavy atom. The minimum Gasteiger partial charge on any atom is -0.352 e. The first-order valence-electron chi connectivity index (χ1n) is 5.85. The summed E-state index contributed by atoms with van der Waals surface area (Å²) in [6, 6.07) is 8.02. The summed E-state index contributed by atoms with van der Waals surface area (Å²) in [7, 11) is 0. The Morgan fingerprint density at radius 2 is 2.22 bits per heavy atom. The number of benzene rings is 1. The highest BCUT2D eigenvalue weighted by Crippen LogP contribution is 2.48. The van der Waals surface area contributed by atoms with Gasteiger partial charge in [0.25, 0.3) is 0 Å². The van der Waals surface area contributed by atoms with Gasteiger partial charge in [-0.2, -0.15) is 0 Å². The van der Waals surface area contributed by atoms with Gasteiger partial charge in [0.15, 0.2) is 0 Å². The first-order valence-corrected chi connectivity index (χ1v) is 6.65. The van der Waals surface area contributed by atoms with Gasteiger partial charge in [0.1, 0.15) is 0 Å². The Bertz CT molecular complexity index is 435. The summed E-state index contributed by atoms with van der Waals surface area (Å²) in [4.78, 5) is 12.2. The van der Waals surface area contributed by atoms with Gasteiger partial charge in [-0.25, -0.2) is 0 Å². The molecule has 0 radical (unpaired) electrons. The van der Waals surface area contributed by atoms with Crippen LogP contribution in [0.25, 0.3) is 0 Å². The maximum absolute atomic E-state index is 12.2. The Kier molecular flexibility index (Phi) is 5.20. The molecule has 1 atom stereocenters. The van der Waals surface area contributed by atoms with Crippen molar-refractivity contribution in [3.63, 3.8) is 0 Å². The summed E-state index contributed by atoms with van der Waals surface area (Å²) >= 11 is 3.44. The van der Waals surface area contributed by atoms with Crippen LogP contribution in [0.1, 0.15) is 25.3 Å². The van der Waals surface area contributed by atoms with E-state index in [0.29, 0.717) is 6.54 Å². The van der Waals surface area contributed by atoms with Crippen molar-refractivity contribution in [3.05, 3.63) is 34.3 Å². The fourth-order valence-corrected chi connectivity index (χ4v) is 2.38. The van der Waals surface area contributed by atoms with Gasteiger partial charge in [0.2, 0.25) is 5.91 Å². The van der Waals surface area contributed by atoms with E-state index in [1.54, 1.807) is 0 Å². The molecule has 3 nitrogen and oxygen atoms in total. The van der Waals surface area contributed by atoms with Crippen LogP contribution >= 0.6 is 28.3 Å². The Hall–Kier alpha value is -0.580. The van der Waals surface area contributed by atoms with Crippen molar-refractivity contribution in [1.29, 1.82) is 0 Å². The number of halogens is 2. The zero-order valence-electron chi connectivity index (χ0n) is 10.3. The number of carbonyl (C=O) groups excluding carboxylic acids is 1. The third-order valence-electron chi connectivity index (χ3n) is 3.29. The van der Waals surface area contributed by atoms with Crippen molar-refractivity contribution in [2.75, 3.05) is 6.54 Å². The van der Waals surface area contributed by atoms with Crippen molar-refractivity contribution in [3.8, 4) is 0 Å². The Balaban J connectivity index is 0.00000162. The summed E-state index contributed by atoms with van der Waals surface area (Å²) in [6.07, 6.45) is 1.85. The second-order valence-electron chi connectivity index (χ2n) is 4.70. The average Bonchev–Trinajstić information content (AvgIpc) is 3.10. The number of hydrogen-bond donors (Lipinski definition) is 2. The third-order valence-corrected chi connectivity index (χ3v) is 3.79. The molecule has 1 aliphatic rings. The normalized spacial score (nSPS) is 17.5. The first kappa shape index (κ1) is 15.5. The Labute approximate surface area is 122 Å². The van der Waals surface area contributed by atoms with Crippen LogP contribution in [0.2, 0.25) is 0 Å². The van der Waals surface area contributed by atoms with Crippen LogP contribution in [0.5, 0.6) is 0 Å². The molecule has 0 aliphatic heterocycles. The van der Waals surface area contributed by atoms with Crippen molar-refractivity contribution < 1.29 is 4.79 Å². The highest BCUT2D eigenvalue weighted by molar-refractivity contribution is 9.10. The molecule has 1 aliphatic carbocycles. The fourth-order valence-electron chi connectivity index (χ4n) is 1.98. The van der Waals surface area contributed by atoms with Crippen LogP contribution in [-0.2, 0) is 10.2 Å². The predicted molar refractivity (Wildman–Crippen MR) is 79.0 cm³/mol. The van der Waals surface area contributed by atoms with Gasteiger partial charge >= 0.3 is 0 Å². The first-order chi connectivity index (χ1) is 8.08. The van der Waals surface area contributed by atoms with Gasteiger partial charge in [-0.05, 0) is 37.5 Å². The zero-order valence-corrected chi connectivity index (χ0v) is 12.7. The summed E-state index contributed by atoms with van der Waals surface area (Å²) in [5.74, 6) is 0.105. The smallest absolute Gasteiger partial charge is 0.230 e. The van der Waals surface area contributed by atoms with Crippen molar-refractivity contribution in [2.24, 2.45) is 5.73 Å². The van der Waals surface area contributed by atoms with E-state index in [0.717, 1.165) is 22.9 Å². The summed E-state index contributed by atoms with van der Waals surface area (Å²) in [6.45, 7) is 2.40. The number of nitrogens with one attached hydrogen (secondary N) is 1. The molecule has 18 heavy (non-hydrogen) atoms. The lowest BCUT2D eigenvalue weighted by Crippen LogP contribution is -2.43. The van der Waals surface area contributed by atoms with Gasteiger partial charge in [0.05, 0.1) is 5.41 Å². The molecule has 0 saturated heterocycles. The van der Waals surface area contributed by atoms with E-state index in [1.165, 1.54) is 0 Å². The highest BCUT2D eigenvalue weighted by atomic mass is 79.9. The van der Waals surface area contributed by atoms with Gasteiger partial charge in [-0.1, -0.05) is 28.1 Å². The molecular formula is C13H18BrClN2O. The van der Waals surface area contributed by atoms with E-state index in [9.17, 15) is 4.79 Å². The standard InChI is InChI=1S/C13H17BrN2O.ClH/c1-9(8-15)16-12(17)13(5-6-13)10-3-2-4-11(14)7-10;/h2-4,7,9H,5-6,8,15H2,1H3,(H,16,17);1H/t9-;/m0./s1. The topological polar surface area (TPSA) is 55.1 Å². The largest absolute Gasteiger partial charge is 0.352 e. The van der Waals surface area contributed by atoms with Crippen molar-refractivity contribution >= 4 is 34.2 Å². The predicted octanol–water partition coefficient (Wildman–Crippen LogP) is 2.37. The van der Waals surface area contributed by atoms with Crippen LogP contribution in [0.4, 0.5) is 0 Å². The van der Waals surface area contributed by atoms with E-state index < -0.39 is 0 Å². The molecule has 1 amide bonds. The molecule has 0 aromatic heterocycles. The van der Waals surface area contributed by atoms with E-state index >= 15 is 0 Å². The van der Waals surface area contributed by atoms with Gasteiger partial charge in [-0.3, -0.25) is 4.79 Å². The molecule has 100 valence electrons. The maximum atomic E-state index is 12.2. The SMILES string of the molecule is C[C@@H](CN)NC(=O)C1(c2cccc(Br)c2)CC1.Cl. The van der Waals surface area contributed by atoms with Crippen LogP contribution < -0.4 is 11.1 Å². The van der Waals surface area contributed by atoms with E-state index in [2.05, 4.69) is 21.2 Å². The van der Waals surface area contributed by atoms with Crippen molar-refractivity contribution in [1.82, 2.24) is 5.32 Å². The third kappa shape index (κ3) is 3.05. The van der Waals surface area contributed by atoms with E-state index in [-0.39, 0.29) is 29.8 Å². The molecule has 1 aromatic carbocycles. The number of hydrogen-bond acceptors (Lipinski definition) is 2. The molecular weight excluding hydrogens is 316 g/mol. The maximum Gasteiger partial charge on any atom is 0.230 e. The highest BCUT2D eigenvalue weighted by Gasteiger charge is 2.51. The molecule has 3 N–H and O–H groups in total. The van der Waals surface area contributed by atoms with Gasteiger partial charge < -0.3 is 11.1 Å². The van der Waals surface area contributed by atoms with E-state index in [4.69, 9.17) is 5.73 Å². The molecule has 0 unspecified atom stereocenters. The lowest BCUT2D eigenvalue weighted by molar-refractivity contribution is -0.124. The van der Waals surface area contributed by atoms with Gasteiger partial charge in [0, 0.05) is 17.1 Å². The summed E-state index contributed by atoms with van der Waals surface area (Å²) in [5, 5.41) is 2.97. The fraction of sp³-hybridized carbons (Fsp3) is 0.462. The minimum atomic E-state index is -0.312.